The van der Waals surface area contributed by atoms with Gasteiger partial charge < -0.3 is 0 Å². The third-order valence-electron chi connectivity index (χ3n) is 7.84. The van der Waals surface area contributed by atoms with Crippen molar-refractivity contribution < 1.29 is 8.42 Å². The number of nitrogens with zero attached hydrogens (tertiary/aromatic N) is 4. The number of likely N-dealkylation sites (tertiary alicyclic amines) is 1. The highest BCUT2D eigenvalue weighted by molar-refractivity contribution is 7.92. The Kier molecular flexibility index (Phi) is 3.83. The zero-order valence-corrected chi connectivity index (χ0v) is 17.7. The number of hydrogen-bond donors (Lipinski definition) is 0. The van der Waals surface area contributed by atoms with Gasteiger partial charge in [0.05, 0.1) is 17.2 Å². The number of aromatic nitrogens is 3. The Bertz CT molecular complexity index is 1020. The smallest absolute Gasteiger partial charge is 0.151 e. The first-order valence-corrected chi connectivity index (χ1v) is 12.7. The second-order valence-corrected chi connectivity index (χ2v) is 11.8. The molecule has 2 aliphatic heterocycles. The molecule has 0 radical (unpaired) electrons. The summed E-state index contributed by atoms with van der Waals surface area (Å²) < 4.78 is 25.5. The van der Waals surface area contributed by atoms with E-state index in [4.69, 9.17) is 5.10 Å². The minimum Gasteiger partial charge on any atom is -0.300 e. The van der Waals surface area contributed by atoms with Gasteiger partial charge in [0.2, 0.25) is 0 Å². The first kappa shape index (κ1) is 18.1. The van der Waals surface area contributed by atoms with Crippen LogP contribution in [0.4, 0.5) is 0 Å². The maximum atomic E-state index is 11.7. The van der Waals surface area contributed by atoms with Crippen LogP contribution in [0.1, 0.15) is 37.8 Å². The summed E-state index contributed by atoms with van der Waals surface area (Å²) in [6.07, 6.45) is 5.40. The van der Waals surface area contributed by atoms with Gasteiger partial charge >= 0.3 is 0 Å². The van der Waals surface area contributed by atoms with Gasteiger partial charge in [-0.2, -0.15) is 5.10 Å². The summed E-state index contributed by atoms with van der Waals surface area (Å²) in [6.45, 7) is 5.14. The molecule has 2 unspecified atom stereocenters. The molecular formula is C22H28N4O2S. The molecule has 29 heavy (non-hydrogen) atoms. The van der Waals surface area contributed by atoms with Crippen LogP contribution in [0.2, 0.25) is 0 Å². The van der Waals surface area contributed by atoms with Crippen molar-refractivity contribution >= 4 is 9.84 Å². The van der Waals surface area contributed by atoms with E-state index in [1.165, 1.54) is 18.5 Å². The highest BCUT2D eigenvalue weighted by atomic mass is 32.2. The van der Waals surface area contributed by atoms with Gasteiger partial charge in [-0.15, -0.1) is 0 Å². The maximum Gasteiger partial charge on any atom is 0.151 e. The van der Waals surface area contributed by atoms with Crippen LogP contribution >= 0.6 is 0 Å². The van der Waals surface area contributed by atoms with Crippen LogP contribution in [0.25, 0.3) is 11.4 Å². The van der Waals surface area contributed by atoms with Crippen LogP contribution < -0.4 is 0 Å². The molecule has 4 heterocycles. The first-order chi connectivity index (χ1) is 14.0. The Morgan fingerprint density at radius 3 is 2.62 bits per heavy atom. The van der Waals surface area contributed by atoms with Gasteiger partial charge in [-0.3, -0.25) is 14.6 Å². The molecule has 0 bridgehead atoms. The summed E-state index contributed by atoms with van der Waals surface area (Å²) in [4.78, 5) is 7.07. The summed E-state index contributed by atoms with van der Waals surface area (Å²) in [7, 11) is -2.74. The Hall–Kier alpha value is -1.73. The molecule has 2 aliphatic carbocycles. The van der Waals surface area contributed by atoms with Gasteiger partial charge in [0.25, 0.3) is 0 Å². The molecule has 4 atom stereocenters. The van der Waals surface area contributed by atoms with Crippen molar-refractivity contribution in [3.05, 3.63) is 36.2 Å². The van der Waals surface area contributed by atoms with Gasteiger partial charge in [0.1, 0.15) is 5.69 Å². The van der Waals surface area contributed by atoms with Crippen LogP contribution in [0.3, 0.4) is 0 Å². The lowest BCUT2D eigenvalue weighted by Crippen LogP contribution is -2.50. The largest absolute Gasteiger partial charge is 0.300 e. The lowest BCUT2D eigenvalue weighted by molar-refractivity contribution is 0.201. The number of rotatable bonds is 4. The van der Waals surface area contributed by atoms with Gasteiger partial charge in [0.15, 0.2) is 9.84 Å². The van der Waals surface area contributed by atoms with E-state index in [-0.39, 0.29) is 5.41 Å². The van der Waals surface area contributed by atoms with Crippen molar-refractivity contribution in [1.82, 2.24) is 19.7 Å². The van der Waals surface area contributed by atoms with Crippen molar-refractivity contribution in [3.8, 4) is 11.4 Å². The standard InChI is InChI=1S/C22H28N4O2S/c1-2-26-20(11-19(24-26)18-5-3-4-7-23-18)21-16-9-15(10-17(16)21)25-8-6-22(12-25)13-29(27,28)14-22/h3-5,7,11,15-17,21H,2,6,8-10,12-14H2,1H3/t15?,16-,17+,21?. The molecule has 4 fully saturated rings. The molecule has 0 aromatic carbocycles. The second kappa shape index (κ2) is 6.14. The van der Waals surface area contributed by atoms with Gasteiger partial charge in [-0.25, -0.2) is 8.42 Å². The fourth-order valence-corrected chi connectivity index (χ4v) is 8.80. The monoisotopic (exact) mass is 412 g/mol. The lowest BCUT2D eigenvalue weighted by atomic mass is 9.91. The highest BCUT2D eigenvalue weighted by Gasteiger charge is 2.60. The molecule has 2 saturated heterocycles. The molecule has 2 aromatic heterocycles. The van der Waals surface area contributed by atoms with Crippen molar-refractivity contribution in [2.75, 3.05) is 24.6 Å². The Morgan fingerprint density at radius 1 is 1.17 bits per heavy atom. The molecular weight excluding hydrogens is 384 g/mol. The quantitative estimate of drug-likeness (QED) is 0.772. The molecule has 6 rings (SSSR count). The van der Waals surface area contributed by atoms with Crippen LogP contribution in [0, 0.1) is 17.3 Å². The van der Waals surface area contributed by atoms with Crippen molar-refractivity contribution in [1.29, 1.82) is 0 Å². The zero-order valence-electron chi connectivity index (χ0n) is 16.9. The molecule has 1 spiro atoms. The van der Waals surface area contributed by atoms with Crippen LogP contribution in [-0.2, 0) is 16.4 Å². The molecule has 7 heteroatoms. The molecule has 2 aromatic rings. The van der Waals surface area contributed by atoms with Crippen molar-refractivity contribution in [2.45, 2.75) is 44.7 Å². The Morgan fingerprint density at radius 2 is 1.97 bits per heavy atom. The molecule has 6 nitrogen and oxygen atoms in total. The minimum absolute atomic E-state index is 0.0867. The van der Waals surface area contributed by atoms with Gasteiger partial charge in [0, 0.05) is 42.4 Å². The van der Waals surface area contributed by atoms with E-state index in [1.807, 2.05) is 24.4 Å². The SMILES string of the molecule is CCn1nc(-c2ccccn2)cc1C1[C@H]2CC(N3CCC4(C3)CS(=O)(=O)C4)C[C@@H]12. The highest BCUT2D eigenvalue weighted by Crippen LogP contribution is 2.64. The minimum atomic E-state index is -2.74. The van der Waals surface area contributed by atoms with E-state index in [0.717, 1.165) is 49.3 Å². The predicted octanol–water partition coefficient (Wildman–Crippen LogP) is 2.58. The third kappa shape index (κ3) is 2.88. The summed E-state index contributed by atoms with van der Waals surface area (Å²) >= 11 is 0. The van der Waals surface area contributed by atoms with E-state index in [2.05, 4.69) is 27.6 Å². The van der Waals surface area contributed by atoms with Crippen LogP contribution in [0.5, 0.6) is 0 Å². The third-order valence-corrected chi connectivity index (χ3v) is 9.94. The van der Waals surface area contributed by atoms with Gasteiger partial charge in [-0.05, 0) is 62.8 Å². The van der Waals surface area contributed by atoms with Gasteiger partial charge in [-0.1, -0.05) is 6.07 Å². The fourth-order valence-electron chi connectivity index (χ4n) is 6.55. The maximum absolute atomic E-state index is 11.7. The summed E-state index contributed by atoms with van der Waals surface area (Å²) in [6, 6.07) is 8.89. The van der Waals surface area contributed by atoms with E-state index < -0.39 is 9.84 Å². The van der Waals surface area contributed by atoms with E-state index >= 15 is 0 Å². The normalized spacial score (nSPS) is 34.2. The molecule has 154 valence electrons. The average Bonchev–Trinajstić information content (AvgIpc) is 3.13. The number of hydrogen-bond acceptors (Lipinski definition) is 5. The van der Waals surface area contributed by atoms with Crippen LogP contribution in [0.15, 0.2) is 30.5 Å². The molecule has 0 N–H and O–H groups in total. The van der Waals surface area contributed by atoms with E-state index in [0.29, 0.717) is 23.5 Å². The number of pyridine rings is 1. The van der Waals surface area contributed by atoms with E-state index in [1.54, 1.807) is 0 Å². The fraction of sp³-hybridized carbons (Fsp3) is 0.636. The first-order valence-electron chi connectivity index (χ1n) is 10.9. The Balaban J connectivity index is 1.14. The zero-order chi connectivity index (χ0) is 19.8. The number of aryl methyl sites for hydroxylation is 1. The summed E-state index contributed by atoms with van der Waals surface area (Å²) in [5, 5.41) is 4.82. The Labute approximate surface area is 172 Å². The number of fused-ring (bicyclic) bond motifs is 1. The topological polar surface area (TPSA) is 68.1 Å². The van der Waals surface area contributed by atoms with Crippen molar-refractivity contribution in [3.63, 3.8) is 0 Å². The molecule has 2 saturated carbocycles. The molecule has 4 aliphatic rings. The second-order valence-electron chi connectivity index (χ2n) is 9.72. The molecule has 0 amide bonds. The van der Waals surface area contributed by atoms with Crippen molar-refractivity contribution in [2.24, 2.45) is 17.3 Å². The predicted molar refractivity (Wildman–Crippen MR) is 111 cm³/mol. The van der Waals surface area contributed by atoms with Crippen LogP contribution in [-0.4, -0.2) is 58.7 Å². The lowest BCUT2D eigenvalue weighted by Gasteiger charge is -2.38. The van der Waals surface area contributed by atoms with E-state index in [9.17, 15) is 8.42 Å². The average molecular weight is 413 g/mol. The number of sulfone groups is 1. The summed E-state index contributed by atoms with van der Waals surface area (Å²) in [5.41, 5.74) is 3.40. The summed E-state index contributed by atoms with van der Waals surface area (Å²) in [5.74, 6) is 3.01.